The molecule has 0 atom stereocenters. The SMILES string of the molecule is COCCOc1cccc(-c2ncc(C)o2)c1. The minimum Gasteiger partial charge on any atom is -0.491 e. The molecule has 1 heterocycles. The van der Waals surface area contributed by atoms with Gasteiger partial charge >= 0.3 is 0 Å². The molecule has 0 N–H and O–H groups in total. The summed E-state index contributed by atoms with van der Waals surface area (Å²) in [5.41, 5.74) is 0.910. The fourth-order valence-corrected chi connectivity index (χ4v) is 1.45. The van der Waals surface area contributed by atoms with E-state index in [0.717, 1.165) is 17.1 Å². The van der Waals surface area contributed by atoms with Crippen LogP contribution < -0.4 is 4.74 Å². The highest BCUT2D eigenvalue weighted by Gasteiger charge is 2.05. The Morgan fingerprint density at radius 3 is 2.88 bits per heavy atom. The molecule has 90 valence electrons. The van der Waals surface area contributed by atoms with Gasteiger partial charge in [-0.1, -0.05) is 6.07 Å². The number of benzene rings is 1. The van der Waals surface area contributed by atoms with Crippen LogP contribution in [0.15, 0.2) is 34.9 Å². The van der Waals surface area contributed by atoms with Crippen molar-refractivity contribution in [3.05, 3.63) is 36.2 Å². The molecule has 1 aromatic heterocycles. The lowest BCUT2D eigenvalue weighted by Crippen LogP contribution is -2.04. The van der Waals surface area contributed by atoms with Crippen molar-refractivity contribution in [2.45, 2.75) is 6.92 Å². The number of hydrogen-bond donors (Lipinski definition) is 0. The maximum absolute atomic E-state index is 5.52. The summed E-state index contributed by atoms with van der Waals surface area (Å²) in [6.45, 7) is 2.97. The van der Waals surface area contributed by atoms with E-state index in [1.807, 2.05) is 31.2 Å². The number of rotatable bonds is 5. The first kappa shape index (κ1) is 11.7. The van der Waals surface area contributed by atoms with Crippen molar-refractivity contribution in [2.75, 3.05) is 20.3 Å². The third-order valence-electron chi connectivity index (χ3n) is 2.26. The molecule has 2 rings (SSSR count). The molecule has 0 aliphatic heterocycles. The summed E-state index contributed by atoms with van der Waals surface area (Å²) < 4.78 is 15.9. The number of oxazole rings is 1. The maximum Gasteiger partial charge on any atom is 0.226 e. The number of ether oxygens (including phenoxy) is 2. The van der Waals surface area contributed by atoms with Crippen LogP contribution in [0.4, 0.5) is 0 Å². The van der Waals surface area contributed by atoms with Gasteiger partial charge in [0.1, 0.15) is 18.1 Å². The summed E-state index contributed by atoms with van der Waals surface area (Å²) >= 11 is 0. The lowest BCUT2D eigenvalue weighted by atomic mass is 10.2. The van der Waals surface area contributed by atoms with E-state index in [1.54, 1.807) is 13.3 Å². The van der Waals surface area contributed by atoms with Crippen LogP contribution in [0.25, 0.3) is 11.5 Å². The highest BCUT2D eigenvalue weighted by molar-refractivity contribution is 5.55. The molecule has 0 radical (unpaired) electrons. The summed E-state index contributed by atoms with van der Waals surface area (Å²) in [6, 6.07) is 7.65. The van der Waals surface area contributed by atoms with Crippen molar-refractivity contribution in [1.29, 1.82) is 0 Å². The second-order valence-electron chi connectivity index (χ2n) is 3.65. The molecule has 2 aromatic rings. The summed E-state index contributed by atoms with van der Waals surface area (Å²) in [6.07, 6.45) is 1.70. The summed E-state index contributed by atoms with van der Waals surface area (Å²) in [5, 5.41) is 0. The van der Waals surface area contributed by atoms with Crippen LogP contribution in [0.1, 0.15) is 5.76 Å². The Kier molecular flexibility index (Phi) is 3.77. The van der Waals surface area contributed by atoms with Gasteiger partial charge in [0.25, 0.3) is 0 Å². The van der Waals surface area contributed by atoms with Gasteiger partial charge in [-0.05, 0) is 25.1 Å². The van der Waals surface area contributed by atoms with E-state index in [4.69, 9.17) is 13.9 Å². The van der Waals surface area contributed by atoms with Gasteiger partial charge in [0.15, 0.2) is 0 Å². The number of hydrogen-bond acceptors (Lipinski definition) is 4. The fourth-order valence-electron chi connectivity index (χ4n) is 1.45. The van der Waals surface area contributed by atoms with Crippen molar-refractivity contribution in [1.82, 2.24) is 4.98 Å². The minimum atomic E-state index is 0.532. The first-order valence-corrected chi connectivity index (χ1v) is 5.44. The van der Waals surface area contributed by atoms with Crippen molar-refractivity contribution < 1.29 is 13.9 Å². The van der Waals surface area contributed by atoms with Crippen LogP contribution in [-0.2, 0) is 4.74 Å². The van der Waals surface area contributed by atoms with Crippen LogP contribution >= 0.6 is 0 Å². The Morgan fingerprint density at radius 2 is 2.18 bits per heavy atom. The largest absolute Gasteiger partial charge is 0.491 e. The summed E-state index contributed by atoms with van der Waals surface area (Å²) in [4.78, 5) is 4.18. The van der Waals surface area contributed by atoms with Gasteiger partial charge in [-0.2, -0.15) is 0 Å². The zero-order chi connectivity index (χ0) is 12.1. The van der Waals surface area contributed by atoms with Crippen LogP contribution in [0.2, 0.25) is 0 Å². The van der Waals surface area contributed by atoms with Crippen LogP contribution in [-0.4, -0.2) is 25.3 Å². The number of aromatic nitrogens is 1. The van der Waals surface area contributed by atoms with Gasteiger partial charge < -0.3 is 13.9 Å². The molecule has 0 amide bonds. The van der Waals surface area contributed by atoms with E-state index >= 15 is 0 Å². The molecular weight excluding hydrogens is 218 g/mol. The van der Waals surface area contributed by atoms with Crippen molar-refractivity contribution >= 4 is 0 Å². The second kappa shape index (κ2) is 5.50. The molecule has 4 heteroatoms. The molecule has 0 saturated carbocycles. The Labute approximate surface area is 100 Å². The molecule has 0 spiro atoms. The third kappa shape index (κ3) is 3.07. The van der Waals surface area contributed by atoms with Gasteiger partial charge in [-0.25, -0.2) is 4.98 Å². The van der Waals surface area contributed by atoms with Crippen LogP contribution in [0.5, 0.6) is 5.75 Å². The Bertz CT molecular complexity index is 479. The summed E-state index contributed by atoms with van der Waals surface area (Å²) in [5.74, 6) is 2.20. The fraction of sp³-hybridized carbons (Fsp3) is 0.308. The van der Waals surface area contributed by atoms with E-state index < -0.39 is 0 Å². The number of aryl methyl sites for hydroxylation is 1. The summed E-state index contributed by atoms with van der Waals surface area (Å²) in [7, 11) is 1.65. The van der Waals surface area contributed by atoms with Gasteiger partial charge in [0.05, 0.1) is 12.8 Å². The van der Waals surface area contributed by atoms with E-state index in [-0.39, 0.29) is 0 Å². The minimum absolute atomic E-state index is 0.532. The molecule has 17 heavy (non-hydrogen) atoms. The molecule has 0 bridgehead atoms. The predicted octanol–water partition coefficient (Wildman–Crippen LogP) is 2.68. The van der Waals surface area contributed by atoms with Crippen molar-refractivity contribution in [2.24, 2.45) is 0 Å². The molecule has 0 unspecified atom stereocenters. The third-order valence-corrected chi connectivity index (χ3v) is 2.26. The van der Waals surface area contributed by atoms with E-state index in [2.05, 4.69) is 4.98 Å². The zero-order valence-electron chi connectivity index (χ0n) is 9.97. The standard InChI is InChI=1S/C13H15NO3/c1-10-9-14-13(17-10)11-4-3-5-12(8-11)16-7-6-15-2/h3-5,8-9H,6-7H2,1-2H3. The first-order chi connectivity index (χ1) is 8.29. The molecule has 0 aliphatic rings. The maximum atomic E-state index is 5.52. The molecule has 1 aromatic carbocycles. The average molecular weight is 233 g/mol. The van der Waals surface area contributed by atoms with Crippen LogP contribution in [0.3, 0.4) is 0 Å². The Balaban J connectivity index is 2.11. The van der Waals surface area contributed by atoms with Crippen molar-refractivity contribution in [3.8, 4) is 17.2 Å². The van der Waals surface area contributed by atoms with E-state index in [1.165, 1.54) is 0 Å². The van der Waals surface area contributed by atoms with Gasteiger partial charge in [0, 0.05) is 12.7 Å². The Morgan fingerprint density at radius 1 is 1.29 bits per heavy atom. The number of methoxy groups -OCH3 is 1. The molecule has 0 saturated heterocycles. The highest BCUT2D eigenvalue weighted by atomic mass is 16.5. The smallest absolute Gasteiger partial charge is 0.226 e. The van der Waals surface area contributed by atoms with Crippen molar-refractivity contribution in [3.63, 3.8) is 0 Å². The molecule has 4 nitrogen and oxygen atoms in total. The average Bonchev–Trinajstić information content (AvgIpc) is 2.77. The first-order valence-electron chi connectivity index (χ1n) is 5.44. The second-order valence-corrected chi connectivity index (χ2v) is 3.65. The zero-order valence-corrected chi connectivity index (χ0v) is 9.97. The van der Waals surface area contributed by atoms with E-state index in [9.17, 15) is 0 Å². The molecule has 0 aliphatic carbocycles. The van der Waals surface area contributed by atoms with Crippen LogP contribution in [0, 0.1) is 6.92 Å². The highest BCUT2D eigenvalue weighted by Crippen LogP contribution is 2.23. The normalized spacial score (nSPS) is 10.5. The lowest BCUT2D eigenvalue weighted by molar-refractivity contribution is 0.146. The van der Waals surface area contributed by atoms with Gasteiger partial charge in [0.2, 0.25) is 5.89 Å². The quantitative estimate of drug-likeness (QED) is 0.745. The molecule has 0 fully saturated rings. The lowest BCUT2D eigenvalue weighted by Gasteiger charge is -2.05. The number of nitrogens with zero attached hydrogens (tertiary/aromatic N) is 1. The van der Waals surface area contributed by atoms with Gasteiger partial charge in [-0.3, -0.25) is 0 Å². The Hall–Kier alpha value is -1.81. The van der Waals surface area contributed by atoms with Gasteiger partial charge in [-0.15, -0.1) is 0 Å². The monoisotopic (exact) mass is 233 g/mol. The molecular formula is C13H15NO3. The topological polar surface area (TPSA) is 44.5 Å². The predicted molar refractivity (Wildman–Crippen MR) is 64.0 cm³/mol. The van der Waals surface area contributed by atoms with E-state index in [0.29, 0.717) is 19.1 Å².